The largest absolute Gasteiger partial charge is 0.494 e. The van der Waals surface area contributed by atoms with Crippen LogP contribution in [0.1, 0.15) is 26.3 Å². The number of aliphatic imine (C=N–C) groups is 1. The molecule has 0 spiro atoms. The molecule has 94 valence electrons. The highest BCUT2D eigenvalue weighted by Gasteiger charge is 2.17. The number of aromatic nitrogens is 2. The van der Waals surface area contributed by atoms with Crippen molar-refractivity contribution in [1.29, 1.82) is 0 Å². The fourth-order valence-corrected chi connectivity index (χ4v) is 1.60. The van der Waals surface area contributed by atoms with Gasteiger partial charge in [0, 0.05) is 20.1 Å². The minimum atomic E-state index is -0.561. The molecule has 1 aromatic rings. The standard InChI is InChI=1S/C11H17N3O3/c1-6(2)12-7(3)8-9(15)13(4)11(17)14(5)10(8)16/h6,15H,1-5H3. The second-order valence-corrected chi connectivity index (χ2v) is 4.21. The Morgan fingerprint density at radius 1 is 1.24 bits per heavy atom. The van der Waals surface area contributed by atoms with Gasteiger partial charge in [0.25, 0.3) is 5.56 Å². The van der Waals surface area contributed by atoms with Crippen molar-refractivity contribution < 1.29 is 5.11 Å². The lowest BCUT2D eigenvalue weighted by atomic mass is 10.2. The fraction of sp³-hybridized carbons (Fsp3) is 0.545. The van der Waals surface area contributed by atoms with E-state index in [1.807, 2.05) is 13.8 Å². The summed E-state index contributed by atoms with van der Waals surface area (Å²) in [5.41, 5.74) is -0.599. The van der Waals surface area contributed by atoms with Crippen LogP contribution in [-0.4, -0.2) is 26.0 Å². The van der Waals surface area contributed by atoms with Crippen molar-refractivity contribution in [2.24, 2.45) is 19.1 Å². The Bertz CT molecular complexity index is 579. The number of rotatable bonds is 2. The predicted octanol–water partition coefficient (Wildman–Crippen LogP) is 0.00700. The summed E-state index contributed by atoms with van der Waals surface area (Å²) in [6.45, 7) is 5.38. The molecule has 0 saturated heterocycles. The van der Waals surface area contributed by atoms with Crippen molar-refractivity contribution in [1.82, 2.24) is 9.13 Å². The quantitative estimate of drug-likeness (QED) is 0.738. The molecule has 0 atom stereocenters. The average molecular weight is 239 g/mol. The SMILES string of the molecule is CC(=NC(C)C)c1c(O)n(C)c(=O)n(C)c1=O. The summed E-state index contributed by atoms with van der Waals surface area (Å²) in [4.78, 5) is 27.6. The zero-order valence-corrected chi connectivity index (χ0v) is 10.7. The normalized spacial score (nSPS) is 12.2. The van der Waals surface area contributed by atoms with Gasteiger partial charge in [-0.2, -0.15) is 0 Å². The van der Waals surface area contributed by atoms with E-state index in [0.717, 1.165) is 9.13 Å². The molecule has 1 N–H and O–H groups in total. The van der Waals surface area contributed by atoms with Gasteiger partial charge in [0.1, 0.15) is 5.56 Å². The summed E-state index contributed by atoms with van der Waals surface area (Å²) >= 11 is 0. The lowest BCUT2D eigenvalue weighted by molar-refractivity contribution is 0.410. The van der Waals surface area contributed by atoms with Gasteiger partial charge in [-0.05, 0) is 20.8 Å². The molecule has 0 unspecified atom stereocenters. The maximum Gasteiger partial charge on any atom is 0.333 e. The predicted molar refractivity (Wildman–Crippen MR) is 65.9 cm³/mol. The summed E-state index contributed by atoms with van der Waals surface area (Å²) < 4.78 is 1.98. The lowest BCUT2D eigenvalue weighted by Gasteiger charge is -2.10. The number of hydrogen-bond acceptors (Lipinski definition) is 4. The smallest absolute Gasteiger partial charge is 0.333 e. The molecule has 6 heteroatoms. The van der Waals surface area contributed by atoms with Crippen LogP contribution in [0.4, 0.5) is 0 Å². The first-order chi connectivity index (χ1) is 7.77. The van der Waals surface area contributed by atoms with Gasteiger partial charge in [0.05, 0.1) is 5.71 Å². The second kappa shape index (κ2) is 4.57. The Morgan fingerprint density at radius 3 is 2.24 bits per heavy atom. The van der Waals surface area contributed by atoms with Gasteiger partial charge >= 0.3 is 5.69 Å². The average Bonchev–Trinajstić information content (AvgIpc) is 2.23. The van der Waals surface area contributed by atoms with E-state index in [9.17, 15) is 14.7 Å². The maximum atomic E-state index is 11.9. The van der Waals surface area contributed by atoms with Gasteiger partial charge < -0.3 is 5.11 Å². The van der Waals surface area contributed by atoms with Gasteiger partial charge in [-0.15, -0.1) is 0 Å². The Morgan fingerprint density at radius 2 is 1.76 bits per heavy atom. The molecule has 1 heterocycles. The summed E-state index contributed by atoms with van der Waals surface area (Å²) in [5.74, 6) is -0.347. The van der Waals surface area contributed by atoms with Crippen LogP contribution in [0.25, 0.3) is 0 Å². The molecule has 0 aliphatic heterocycles. The van der Waals surface area contributed by atoms with E-state index in [1.54, 1.807) is 6.92 Å². The lowest BCUT2D eigenvalue weighted by Crippen LogP contribution is -2.39. The Kier molecular flexibility index (Phi) is 3.55. The third-order valence-corrected chi connectivity index (χ3v) is 2.45. The van der Waals surface area contributed by atoms with Gasteiger partial charge in [-0.1, -0.05) is 0 Å². The molecular weight excluding hydrogens is 222 g/mol. The molecule has 6 nitrogen and oxygen atoms in total. The van der Waals surface area contributed by atoms with E-state index in [4.69, 9.17) is 0 Å². The number of hydrogen-bond donors (Lipinski definition) is 1. The Hall–Kier alpha value is -1.85. The van der Waals surface area contributed by atoms with E-state index in [2.05, 4.69) is 4.99 Å². The molecule has 17 heavy (non-hydrogen) atoms. The van der Waals surface area contributed by atoms with E-state index >= 15 is 0 Å². The summed E-state index contributed by atoms with van der Waals surface area (Å²) in [6.07, 6.45) is 0. The van der Waals surface area contributed by atoms with E-state index < -0.39 is 11.2 Å². The first-order valence-electron chi connectivity index (χ1n) is 5.31. The number of nitrogens with zero attached hydrogens (tertiary/aromatic N) is 3. The van der Waals surface area contributed by atoms with Crippen LogP contribution in [0.2, 0.25) is 0 Å². The number of aromatic hydroxyl groups is 1. The highest BCUT2D eigenvalue weighted by molar-refractivity contribution is 6.00. The summed E-state index contributed by atoms with van der Waals surface area (Å²) in [6, 6.07) is 0.0105. The second-order valence-electron chi connectivity index (χ2n) is 4.21. The Balaban J connectivity index is 3.68. The van der Waals surface area contributed by atoms with Crippen LogP contribution in [-0.2, 0) is 14.1 Å². The fourth-order valence-electron chi connectivity index (χ4n) is 1.60. The van der Waals surface area contributed by atoms with E-state index in [-0.39, 0.29) is 17.5 Å². The molecule has 0 amide bonds. The summed E-state index contributed by atoms with van der Waals surface area (Å²) in [7, 11) is 2.78. The molecule has 0 radical (unpaired) electrons. The van der Waals surface area contributed by atoms with Gasteiger partial charge in [-0.3, -0.25) is 18.9 Å². The first-order valence-corrected chi connectivity index (χ1v) is 5.31. The minimum Gasteiger partial charge on any atom is -0.494 e. The molecule has 1 aromatic heterocycles. The highest BCUT2D eigenvalue weighted by atomic mass is 16.3. The molecular formula is C11H17N3O3. The van der Waals surface area contributed by atoms with Crippen molar-refractivity contribution >= 4 is 5.71 Å². The third kappa shape index (κ3) is 2.30. The van der Waals surface area contributed by atoms with E-state index in [0.29, 0.717) is 5.71 Å². The monoisotopic (exact) mass is 239 g/mol. The zero-order valence-electron chi connectivity index (χ0n) is 10.7. The van der Waals surface area contributed by atoms with Crippen LogP contribution in [0.3, 0.4) is 0 Å². The highest BCUT2D eigenvalue weighted by Crippen LogP contribution is 2.10. The van der Waals surface area contributed by atoms with Crippen LogP contribution >= 0.6 is 0 Å². The van der Waals surface area contributed by atoms with E-state index in [1.165, 1.54) is 14.1 Å². The minimum absolute atomic E-state index is 0.0105. The van der Waals surface area contributed by atoms with Crippen LogP contribution in [0.15, 0.2) is 14.6 Å². The Labute approximate surface area is 98.9 Å². The third-order valence-electron chi connectivity index (χ3n) is 2.45. The molecule has 0 fully saturated rings. The van der Waals surface area contributed by atoms with Crippen LogP contribution in [0.5, 0.6) is 5.88 Å². The summed E-state index contributed by atoms with van der Waals surface area (Å²) in [5, 5.41) is 9.84. The molecule has 0 aliphatic carbocycles. The molecule has 0 saturated carbocycles. The van der Waals surface area contributed by atoms with Gasteiger partial charge in [0.2, 0.25) is 5.88 Å². The maximum absolute atomic E-state index is 11.9. The van der Waals surface area contributed by atoms with Crippen LogP contribution in [0, 0.1) is 0 Å². The zero-order chi connectivity index (χ0) is 13.3. The molecule has 0 bridgehead atoms. The van der Waals surface area contributed by atoms with Crippen molar-refractivity contribution in [3.05, 3.63) is 26.4 Å². The van der Waals surface area contributed by atoms with Crippen molar-refractivity contribution in [2.45, 2.75) is 26.8 Å². The van der Waals surface area contributed by atoms with Crippen molar-refractivity contribution in [2.75, 3.05) is 0 Å². The molecule has 1 rings (SSSR count). The topological polar surface area (TPSA) is 76.6 Å². The van der Waals surface area contributed by atoms with Gasteiger partial charge in [-0.25, -0.2) is 4.79 Å². The van der Waals surface area contributed by atoms with Crippen molar-refractivity contribution in [3.8, 4) is 5.88 Å². The van der Waals surface area contributed by atoms with Crippen molar-refractivity contribution in [3.63, 3.8) is 0 Å². The first kappa shape index (κ1) is 13.2. The molecule has 0 aromatic carbocycles. The van der Waals surface area contributed by atoms with Gasteiger partial charge in [0.15, 0.2) is 0 Å². The molecule has 0 aliphatic rings. The van der Waals surface area contributed by atoms with Crippen LogP contribution < -0.4 is 11.2 Å².